The molecule has 1 saturated heterocycles. The molecule has 1 aromatic carbocycles. The minimum absolute atomic E-state index is 0.974. The van der Waals surface area contributed by atoms with Gasteiger partial charge in [0, 0.05) is 24.1 Å². The van der Waals surface area contributed by atoms with Crippen molar-refractivity contribution in [3.63, 3.8) is 0 Å². The van der Waals surface area contributed by atoms with Gasteiger partial charge in [-0.15, -0.1) is 0 Å². The van der Waals surface area contributed by atoms with E-state index in [4.69, 9.17) is 0 Å². The Bertz CT molecular complexity index is 373. The number of piperidine rings is 1. The first kappa shape index (κ1) is 14.0. The second kappa shape index (κ2) is 7.27. The third-order valence-corrected chi connectivity index (χ3v) is 4.49. The first-order valence-corrected chi connectivity index (χ1v) is 7.73. The highest BCUT2D eigenvalue weighted by Gasteiger charge is 2.08. The molecule has 3 heteroatoms. The normalized spacial score (nSPS) is 17.0. The van der Waals surface area contributed by atoms with Crippen molar-refractivity contribution in [1.82, 2.24) is 10.2 Å². The Labute approximate surface area is 119 Å². The maximum absolute atomic E-state index is 3.54. The van der Waals surface area contributed by atoms with E-state index in [1.165, 1.54) is 54.5 Å². The van der Waals surface area contributed by atoms with Crippen molar-refractivity contribution in [3.8, 4) is 0 Å². The molecule has 1 heterocycles. The van der Waals surface area contributed by atoms with E-state index in [9.17, 15) is 0 Å². The zero-order valence-electron chi connectivity index (χ0n) is 11.2. The van der Waals surface area contributed by atoms with E-state index >= 15 is 0 Å². The first-order chi connectivity index (χ1) is 8.75. The monoisotopic (exact) mass is 310 g/mol. The van der Waals surface area contributed by atoms with Crippen LogP contribution in [0, 0.1) is 6.92 Å². The quantitative estimate of drug-likeness (QED) is 0.839. The number of aryl methyl sites for hydroxylation is 1. The molecule has 1 aliphatic heterocycles. The fraction of sp³-hybridized carbons (Fsp3) is 0.600. The molecule has 100 valence electrons. The Morgan fingerprint density at radius 3 is 2.72 bits per heavy atom. The molecule has 1 aliphatic rings. The Hall–Kier alpha value is -0.380. The standard InChI is InChI=1S/C15H23BrN2/c1-13-11-14(5-6-15(13)16)12-17-7-10-18-8-3-2-4-9-18/h5-6,11,17H,2-4,7-10,12H2,1H3. The highest BCUT2D eigenvalue weighted by Crippen LogP contribution is 2.16. The van der Waals surface area contributed by atoms with Gasteiger partial charge in [-0.05, 0) is 50.0 Å². The van der Waals surface area contributed by atoms with Gasteiger partial charge in [0.25, 0.3) is 0 Å². The summed E-state index contributed by atoms with van der Waals surface area (Å²) in [4.78, 5) is 2.57. The summed E-state index contributed by atoms with van der Waals surface area (Å²) in [6.45, 7) is 7.98. The summed E-state index contributed by atoms with van der Waals surface area (Å²) in [7, 11) is 0. The molecule has 0 radical (unpaired) electrons. The van der Waals surface area contributed by atoms with Gasteiger partial charge >= 0.3 is 0 Å². The fourth-order valence-corrected chi connectivity index (χ4v) is 2.72. The van der Waals surface area contributed by atoms with Crippen LogP contribution in [0.2, 0.25) is 0 Å². The molecule has 0 aliphatic carbocycles. The first-order valence-electron chi connectivity index (χ1n) is 6.94. The number of halogens is 1. The molecule has 0 saturated carbocycles. The van der Waals surface area contributed by atoms with E-state index in [1.807, 2.05) is 0 Å². The van der Waals surface area contributed by atoms with E-state index in [2.05, 4.69) is 51.3 Å². The highest BCUT2D eigenvalue weighted by molar-refractivity contribution is 9.10. The van der Waals surface area contributed by atoms with Crippen molar-refractivity contribution >= 4 is 15.9 Å². The van der Waals surface area contributed by atoms with Gasteiger partial charge in [-0.25, -0.2) is 0 Å². The Morgan fingerprint density at radius 1 is 1.22 bits per heavy atom. The average molecular weight is 311 g/mol. The Morgan fingerprint density at radius 2 is 2.00 bits per heavy atom. The topological polar surface area (TPSA) is 15.3 Å². The minimum Gasteiger partial charge on any atom is -0.311 e. The molecule has 2 rings (SSSR count). The second-order valence-electron chi connectivity index (χ2n) is 5.16. The Kier molecular flexibility index (Phi) is 5.67. The second-order valence-corrected chi connectivity index (χ2v) is 6.02. The molecule has 1 N–H and O–H groups in total. The molecule has 0 unspecified atom stereocenters. The Balaban J connectivity index is 1.66. The molecular formula is C15H23BrN2. The molecule has 1 fully saturated rings. The lowest BCUT2D eigenvalue weighted by atomic mass is 10.1. The number of rotatable bonds is 5. The predicted molar refractivity (Wildman–Crippen MR) is 80.9 cm³/mol. The summed E-state index contributed by atoms with van der Waals surface area (Å²) >= 11 is 3.54. The molecule has 0 aromatic heterocycles. The van der Waals surface area contributed by atoms with Crippen LogP contribution in [-0.2, 0) is 6.54 Å². The highest BCUT2D eigenvalue weighted by atomic mass is 79.9. The molecular weight excluding hydrogens is 288 g/mol. The third kappa shape index (κ3) is 4.38. The zero-order valence-corrected chi connectivity index (χ0v) is 12.8. The third-order valence-electron chi connectivity index (χ3n) is 3.60. The van der Waals surface area contributed by atoms with E-state index < -0.39 is 0 Å². The molecule has 2 nitrogen and oxygen atoms in total. The molecule has 0 atom stereocenters. The molecule has 0 bridgehead atoms. The molecule has 0 spiro atoms. The number of hydrogen-bond donors (Lipinski definition) is 1. The summed E-state index contributed by atoms with van der Waals surface area (Å²) in [6, 6.07) is 6.57. The number of hydrogen-bond acceptors (Lipinski definition) is 2. The van der Waals surface area contributed by atoms with Crippen LogP contribution in [0.25, 0.3) is 0 Å². The van der Waals surface area contributed by atoms with E-state index in [0.29, 0.717) is 0 Å². The van der Waals surface area contributed by atoms with E-state index in [1.54, 1.807) is 0 Å². The SMILES string of the molecule is Cc1cc(CNCCN2CCCCC2)ccc1Br. The van der Waals surface area contributed by atoms with Gasteiger partial charge in [0.1, 0.15) is 0 Å². The smallest absolute Gasteiger partial charge is 0.0206 e. The number of likely N-dealkylation sites (tertiary alicyclic amines) is 1. The van der Waals surface area contributed by atoms with Crippen LogP contribution >= 0.6 is 15.9 Å². The van der Waals surface area contributed by atoms with Crippen molar-refractivity contribution in [2.24, 2.45) is 0 Å². The molecule has 18 heavy (non-hydrogen) atoms. The van der Waals surface area contributed by atoms with Crippen LogP contribution in [-0.4, -0.2) is 31.1 Å². The van der Waals surface area contributed by atoms with Crippen molar-refractivity contribution in [2.75, 3.05) is 26.2 Å². The van der Waals surface area contributed by atoms with E-state index in [-0.39, 0.29) is 0 Å². The van der Waals surface area contributed by atoms with Gasteiger partial charge in [-0.3, -0.25) is 0 Å². The lowest BCUT2D eigenvalue weighted by Crippen LogP contribution is -2.35. The number of nitrogens with zero attached hydrogens (tertiary/aromatic N) is 1. The molecule has 0 amide bonds. The van der Waals surface area contributed by atoms with Gasteiger partial charge < -0.3 is 10.2 Å². The van der Waals surface area contributed by atoms with Gasteiger partial charge in [0.05, 0.1) is 0 Å². The largest absolute Gasteiger partial charge is 0.311 e. The van der Waals surface area contributed by atoms with Crippen LogP contribution in [0.4, 0.5) is 0 Å². The summed E-state index contributed by atoms with van der Waals surface area (Å²) in [5.41, 5.74) is 2.68. The van der Waals surface area contributed by atoms with Gasteiger partial charge in [0.15, 0.2) is 0 Å². The van der Waals surface area contributed by atoms with Crippen molar-refractivity contribution in [1.29, 1.82) is 0 Å². The summed E-state index contributed by atoms with van der Waals surface area (Å²) < 4.78 is 1.19. The fourth-order valence-electron chi connectivity index (χ4n) is 2.47. The van der Waals surface area contributed by atoms with Crippen molar-refractivity contribution in [2.45, 2.75) is 32.7 Å². The lowest BCUT2D eigenvalue weighted by Gasteiger charge is -2.26. The van der Waals surface area contributed by atoms with Gasteiger partial charge in [-0.1, -0.05) is 34.5 Å². The summed E-state index contributed by atoms with van der Waals surface area (Å²) in [6.07, 6.45) is 4.18. The van der Waals surface area contributed by atoms with Crippen LogP contribution in [0.3, 0.4) is 0 Å². The average Bonchev–Trinajstić information content (AvgIpc) is 2.40. The lowest BCUT2D eigenvalue weighted by molar-refractivity contribution is 0.229. The summed E-state index contributed by atoms with van der Waals surface area (Å²) in [5, 5.41) is 3.54. The zero-order chi connectivity index (χ0) is 12.8. The van der Waals surface area contributed by atoms with Gasteiger partial charge in [0.2, 0.25) is 0 Å². The van der Waals surface area contributed by atoms with Crippen LogP contribution in [0.1, 0.15) is 30.4 Å². The summed E-state index contributed by atoms with van der Waals surface area (Å²) in [5.74, 6) is 0. The van der Waals surface area contributed by atoms with Crippen molar-refractivity contribution < 1.29 is 0 Å². The van der Waals surface area contributed by atoms with Crippen LogP contribution < -0.4 is 5.32 Å². The van der Waals surface area contributed by atoms with E-state index in [0.717, 1.165) is 13.1 Å². The van der Waals surface area contributed by atoms with Crippen LogP contribution in [0.5, 0.6) is 0 Å². The minimum atomic E-state index is 0.974. The number of nitrogens with one attached hydrogen (secondary N) is 1. The maximum atomic E-state index is 3.54. The van der Waals surface area contributed by atoms with Gasteiger partial charge in [-0.2, -0.15) is 0 Å². The number of benzene rings is 1. The van der Waals surface area contributed by atoms with Crippen molar-refractivity contribution in [3.05, 3.63) is 33.8 Å². The molecule has 1 aromatic rings. The van der Waals surface area contributed by atoms with Crippen LogP contribution in [0.15, 0.2) is 22.7 Å². The maximum Gasteiger partial charge on any atom is 0.0206 e. The predicted octanol–water partition coefficient (Wildman–Crippen LogP) is 3.33.